The molecule has 1 unspecified atom stereocenters. The maximum Gasteiger partial charge on any atom is 0.290 e. The third-order valence-corrected chi connectivity index (χ3v) is 6.53. The Labute approximate surface area is 214 Å². The SMILES string of the molecule is C=CCOc1ccc(C2c3c(oc4ccccc4c3=O)C(=O)N2CCc2ccc(OC)c(OC)c2)cc1. The van der Waals surface area contributed by atoms with Gasteiger partial charge in [0.2, 0.25) is 5.76 Å². The normalized spacial score (nSPS) is 14.5. The van der Waals surface area contributed by atoms with Crippen LogP contribution in [0, 0.1) is 0 Å². The molecule has 188 valence electrons. The Kier molecular flexibility index (Phi) is 6.68. The summed E-state index contributed by atoms with van der Waals surface area (Å²) in [5, 5.41) is 0.451. The Morgan fingerprint density at radius 2 is 1.73 bits per heavy atom. The first-order valence-electron chi connectivity index (χ1n) is 12.0. The van der Waals surface area contributed by atoms with Crippen molar-refractivity contribution >= 4 is 16.9 Å². The van der Waals surface area contributed by atoms with Crippen LogP contribution in [0.15, 0.2) is 88.6 Å². The van der Waals surface area contributed by atoms with E-state index >= 15 is 0 Å². The average molecular weight is 498 g/mol. The van der Waals surface area contributed by atoms with Crippen LogP contribution in [-0.2, 0) is 6.42 Å². The summed E-state index contributed by atoms with van der Waals surface area (Å²) in [7, 11) is 3.17. The molecule has 1 aliphatic heterocycles. The summed E-state index contributed by atoms with van der Waals surface area (Å²) in [5.41, 5.74) is 2.32. The van der Waals surface area contributed by atoms with E-state index in [2.05, 4.69) is 6.58 Å². The molecule has 37 heavy (non-hydrogen) atoms. The van der Waals surface area contributed by atoms with Crippen LogP contribution >= 0.6 is 0 Å². The number of methoxy groups -OCH3 is 2. The Morgan fingerprint density at radius 1 is 0.973 bits per heavy atom. The standard InChI is InChI=1S/C30H27NO6/c1-4-17-36-21-12-10-20(11-13-21)27-26-28(32)22-7-5-6-8-23(22)37-29(26)30(33)31(27)16-15-19-9-14-24(34-2)25(18-19)35-3/h4-14,18,27H,1,15-17H2,2-3H3. The fourth-order valence-corrected chi connectivity index (χ4v) is 4.73. The molecule has 0 aliphatic carbocycles. The van der Waals surface area contributed by atoms with Gasteiger partial charge in [-0.3, -0.25) is 9.59 Å². The maximum atomic E-state index is 13.6. The zero-order valence-corrected chi connectivity index (χ0v) is 20.7. The van der Waals surface area contributed by atoms with Crippen LogP contribution in [0.4, 0.5) is 0 Å². The molecule has 0 bridgehead atoms. The first kappa shape index (κ1) is 24.2. The molecule has 0 saturated carbocycles. The van der Waals surface area contributed by atoms with Crippen molar-refractivity contribution in [3.8, 4) is 17.2 Å². The number of nitrogens with zero attached hydrogens (tertiary/aromatic N) is 1. The lowest BCUT2D eigenvalue weighted by molar-refractivity contribution is 0.0730. The van der Waals surface area contributed by atoms with Crippen molar-refractivity contribution in [1.82, 2.24) is 4.90 Å². The zero-order chi connectivity index (χ0) is 25.9. The Morgan fingerprint density at radius 3 is 2.46 bits per heavy atom. The highest BCUT2D eigenvalue weighted by Crippen LogP contribution is 2.39. The molecule has 0 N–H and O–H groups in total. The minimum atomic E-state index is -0.586. The molecule has 1 aromatic heterocycles. The number of para-hydroxylation sites is 1. The van der Waals surface area contributed by atoms with E-state index in [4.69, 9.17) is 18.6 Å². The van der Waals surface area contributed by atoms with E-state index in [-0.39, 0.29) is 17.1 Å². The molecule has 7 nitrogen and oxygen atoms in total. The van der Waals surface area contributed by atoms with Crippen molar-refractivity contribution in [2.45, 2.75) is 12.5 Å². The minimum Gasteiger partial charge on any atom is -0.493 e. The van der Waals surface area contributed by atoms with Crippen molar-refractivity contribution < 1.29 is 23.4 Å². The van der Waals surface area contributed by atoms with E-state index in [0.29, 0.717) is 53.4 Å². The number of hydrogen-bond donors (Lipinski definition) is 0. The van der Waals surface area contributed by atoms with Crippen molar-refractivity contribution in [3.05, 3.63) is 112 Å². The molecule has 4 aromatic rings. The van der Waals surface area contributed by atoms with Gasteiger partial charge in [-0.1, -0.05) is 43.0 Å². The highest BCUT2D eigenvalue weighted by Gasteiger charge is 2.42. The Bertz CT molecular complexity index is 1520. The third-order valence-electron chi connectivity index (χ3n) is 6.53. The summed E-state index contributed by atoms with van der Waals surface area (Å²) in [6.07, 6.45) is 2.22. The van der Waals surface area contributed by atoms with Crippen molar-refractivity contribution in [1.29, 1.82) is 0 Å². The van der Waals surface area contributed by atoms with Crippen LogP contribution in [-0.4, -0.2) is 38.2 Å². The Hall–Kier alpha value is -4.52. The van der Waals surface area contributed by atoms with Crippen LogP contribution in [0.25, 0.3) is 11.0 Å². The molecule has 3 aromatic carbocycles. The molecular formula is C30H27NO6. The first-order chi connectivity index (χ1) is 18.0. The lowest BCUT2D eigenvalue weighted by Gasteiger charge is -2.25. The monoisotopic (exact) mass is 497 g/mol. The largest absolute Gasteiger partial charge is 0.493 e. The molecule has 0 radical (unpaired) electrons. The number of carbonyl (C=O) groups excluding carboxylic acids is 1. The number of rotatable bonds is 9. The molecule has 5 rings (SSSR count). The Balaban J connectivity index is 1.55. The van der Waals surface area contributed by atoms with E-state index in [1.807, 2.05) is 42.5 Å². The van der Waals surface area contributed by atoms with Crippen molar-refractivity contribution in [2.75, 3.05) is 27.4 Å². The molecule has 1 aliphatic rings. The summed E-state index contributed by atoms with van der Waals surface area (Å²) in [5.74, 6) is 1.71. The summed E-state index contributed by atoms with van der Waals surface area (Å²) < 4.78 is 22.4. The summed E-state index contributed by atoms with van der Waals surface area (Å²) in [6.45, 7) is 4.43. The van der Waals surface area contributed by atoms with Gasteiger partial charge >= 0.3 is 0 Å². The molecule has 0 saturated heterocycles. The minimum absolute atomic E-state index is 0.0907. The van der Waals surface area contributed by atoms with Gasteiger partial charge in [-0.2, -0.15) is 0 Å². The van der Waals surface area contributed by atoms with Gasteiger partial charge in [0, 0.05) is 6.54 Å². The molecule has 0 spiro atoms. The van der Waals surface area contributed by atoms with E-state index in [1.165, 1.54) is 0 Å². The van der Waals surface area contributed by atoms with Crippen molar-refractivity contribution in [3.63, 3.8) is 0 Å². The second-order valence-corrected chi connectivity index (χ2v) is 8.68. The van der Waals surface area contributed by atoms with Gasteiger partial charge in [0.1, 0.15) is 17.9 Å². The average Bonchev–Trinajstić information content (AvgIpc) is 3.22. The molecule has 2 heterocycles. The fraction of sp³-hybridized carbons (Fsp3) is 0.200. The lowest BCUT2D eigenvalue weighted by atomic mass is 9.98. The third kappa shape index (κ3) is 4.44. The van der Waals surface area contributed by atoms with Crippen LogP contribution in [0.5, 0.6) is 17.2 Å². The maximum absolute atomic E-state index is 13.6. The predicted molar refractivity (Wildman–Crippen MR) is 141 cm³/mol. The van der Waals surface area contributed by atoms with E-state index in [9.17, 15) is 9.59 Å². The molecule has 0 fully saturated rings. The fourth-order valence-electron chi connectivity index (χ4n) is 4.73. The number of fused-ring (bicyclic) bond motifs is 2. The summed E-state index contributed by atoms with van der Waals surface area (Å²) >= 11 is 0. The van der Waals surface area contributed by atoms with Crippen LogP contribution in [0.3, 0.4) is 0 Å². The zero-order valence-electron chi connectivity index (χ0n) is 20.7. The van der Waals surface area contributed by atoms with Gasteiger partial charge in [0.05, 0.1) is 31.2 Å². The predicted octanol–water partition coefficient (Wildman–Crippen LogP) is 5.16. The van der Waals surface area contributed by atoms with Gasteiger partial charge in [-0.25, -0.2) is 0 Å². The lowest BCUT2D eigenvalue weighted by Crippen LogP contribution is -2.31. The molecule has 1 amide bonds. The van der Waals surface area contributed by atoms with Crippen LogP contribution in [0.2, 0.25) is 0 Å². The van der Waals surface area contributed by atoms with E-state index in [1.54, 1.807) is 49.5 Å². The summed E-state index contributed by atoms with van der Waals surface area (Å²) in [4.78, 5) is 29.0. The first-order valence-corrected chi connectivity index (χ1v) is 12.0. The molecule has 7 heteroatoms. The second kappa shape index (κ2) is 10.2. The summed E-state index contributed by atoms with van der Waals surface area (Å²) in [6, 6.07) is 19.5. The van der Waals surface area contributed by atoms with Gasteiger partial charge in [-0.15, -0.1) is 0 Å². The van der Waals surface area contributed by atoms with Crippen molar-refractivity contribution in [2.24, 2.45) is 0 Å². The quantitative estimate of drug-likeness (QED) is 0.297. The van der Waals surface area contributed by atoms with E-state index in [0.717, 1.165) is 11.1 Å². The molecule has 1 atom stereocenters. The number of carbonyl (C=O) groups is 1. The van der Waals surface area contributed by atoms with Gasteiger partial charge in [0.15, 0.2) is 16.9 Å². The van der Waals surface area contributed by atoms with Gasteiger partial charge in [-0.05, 0) is 53.9 Å². The highest BCUT2D eigenvalue weighted by molar-refractivity contribution is 5.99. The number of hydrogen-bond acceptors (Lipinski definition) is 6. The second-order valence-electron chi connectivity index (χ2n) is 8.68. The smallest absolute Gasteiger partial charge is 0.290 e. The number of ether oxygens (including phenoxy) is 3. The topological polar surface area (TPSA) is 78.2 Å². The number of amides is 1. The van der Waals surface area contributed by atoms with Crippen LogP contribution < -0.4 is 19.6 Å². The van der Waals surface area contributed by atoms with Gasteiger partial charge < -0.3 is 23.5 Å². The van der Waals surface area contributed by atoms with Gasteiger partial charge in [0.25, 0.3) is 5.91 Å². The van der Waals surface area contributed by atoms with Crippen LogP contribution in [0.1, 0.15) is 33.3 Å². The molecular weight excluding hydrogens is 470 g/mol. The highest BCUT2D eigenvalue weighted by atomic mass is 16.5. The van der Waals surface area contributed by atoms with E-state index < -0.39 is 6.04 Å². The number of benzene rings is 3.